The Morgan fingerprint density at radius 3 is 1.97 bits per heavy atom. The molecule has 30 heavy (non-hydrogen) atoms. The monoisotopic (exact) mass is 433 g/mol. The van der Waals surface area contributed by atoms with Gasteiger partial charge in [0.25, 0.3) is 5.91 Å². The van der Waals surface area contributed by atoms with Crippen molar-refractivity contribution in [3.8, 4) is 11.5 Å². The predicted molar refractivity (Wildman–Crippen MR) is 114 cm³/mol. The van der Waals surface area contributed by atoms with E-state index in [0.29, 0.717) is 56.3 Å². The molecule has 0 unspecified atom stereocenters. The molecule has 1 aliphatic rings. The van der Waals surface area contributed by atoms with E-state index < -0.39 is 10.0 Å². The average Bonchev–Trinajstić information content (AvgIpc) is 2.79. The van der Waals surface area contributed by atoms with Crippen LogP contribution in [0.4, 0.5) is 0 Å². The van der Waals surface area contributed by atoms with E-state index in [1.54, 1.807) is 62.8 Å². The van der Waals surface area contributed by atoms with Crippen LogP contribution in [0.1, 0.15) is 10.4 Å². The first kappa shape index (κ1) is 22.1. The van der Waals surface area contributed by atoms with Crippen molar-refractivity contribution in [1.29, 1.82) is 0 Å². The summed E-state index contributed by atoms with van der Waals surface area (Å²) in [4.78, 5) is 14.6. The number of carbonyl (C=O) groups excluding carboxylic acids is 1. The third-order valence-electron chi connectivity index (χ3n) is 5.09. The van der Waals surface area contributed by atoms with E-state index in [4.69, 9.17) is 9.47 Å². The molecular weight excluding hydrogens is 406 g/mol. The van der Waals surface area contributed by atoms with Gasteiger partial charge in [-0.05, 0) is 48.5 Å². The number of methoxy groups -OCH3 is 2. The topological polar surface area (TPSA) is 88.2 Å². The van der Waals surface area contributed by atoms with Gasteiger partial charge in [0.15, 0.2) is 0 Å². The molecule has 0 spiro atoms. The van der Waals surface area contributed by atoms with Crippen LogP contribution in [-0.4, -0.2) is 77.0 Å². The number of amides is 1. The zero-order chi connectivity index (χ0) is 21.6. The SMILES string of the molecule is COc1ccc(C(=O)NCCN2CCN(S(=O)(=O)c3ccc(OC)cc3)CC2)cc1. The minimum absolute atomic E-state index is 0.140. The molecule has 1 N–H and O–H groups in total. The highest BCUT2D eigenvalue weighted by molar-refractivity contribution is 7.89. The molecule has 0 aliphatic carbocycles. The van der Waals surface area contributed by atoms with Gasteiger partial charge in [-0.25, -0.2) is 8.42 Å². The highest BCUT2D eigenvalue weighted by atomic mass is 32.2. The first-order chi connectivity index (χ1) is 14.4. The summed E-state index contributed by atoms with van der Waals surface area (Å²) in [7, 11) is -0.391. The Labute approximate surface area is 177 Å². The molecule has 1 saturated heterocycles. The minimum Gasteiger partial charge on any atom is -0.497 e. The van der Waals surface area contributed by atoms with E-state index in [2.05, 4.69) is 10.2 Å². The summed E-state index contributed by atoms with van der Waals surface area (Å²) in [6.07, 6.45) is 0. The highest BCUT2D eigenvalue weighted by Crippen LogP contribution is 2.20. The molecule has 2 aromatic rings. The average molecular weight is 434 g/mol. The van der Waals surface area contributed by atoms with Gasteiger partial charge in [0.05, 0.1) is 19.1 Å². The molecule has 0 bridgehead atoms. The second-order valence-electron chi connectivity index (χ2n) is 6.91. The summed E-state index contributed by atoms with van der Waals surface area (Å²) in [6, 6.07) is 13.4. The van der Waals surface area contributed by atoms with Crippen LogP contribution < -0.4 is 14.8 Å². The van der Waals surface area contributed by atoms with Gasteiger partial charge in [-0.15, -0.1) is 0 Å². The molecule has 0 radical (unpaired) electrons. The van der Waals surface area contributed by atoms with E-state index in [9.17, 15) is 13.2 Å². The van der Waals surface area contributed by atoms with Crippen molar-refractivity contribution in [2.24, 2.45) is 0 Å². The molecule has 0 saturated carbocycles. The summed E-state index contributed by atoms with van der Waals surface area (Å²) in [6.45, 7) is 3.23. The summed E-state index contributed by atoms with van der Waals surface area (Å²) in [5.41, 5.74) is 0.575. The standard InChI is InChI=1S/C21H27N3O5S/c1-28-18-5-3-17(4-6-18)21(25)22-11-12-23-13-15-24(16-14-23)30(26,27)20-9-7-19(29-2)8-10-20/h3-10H,11-16H2,1-2H3,(H,22,25). The molecular formula is C21H27N3O5S. The third kappa shape index (κ3) is 5.29. The quantitative estimate of drug-likeness (QED) is 0.678. The molecule has 0 aromatic heterocycles. The Morgan fingerprint density at radius 2 is 1.43 bits per heavy atom. The number of rotatable bonds is 8. The summed E-state index contributed by atoms with van der Waals surface area (Å²) >= 11 is 0. The van der Waals surface area contributed by atoms with Crippen molar-refractivity contribution >= 4 is 15.9 Å². The van der Waals surface area contributed by atoms with Crippen LogP contribution in [0.25, 0.3) is 0 Å². The Bertz CT molecular complexity index is 938. The minimum atomic E-state index is -3.52. The molecule has 2 aromatic carbocycles. The van der Waals surface area contributed by atoms with Gasteiger partial charge in [-0.3, -0.25) is 9.69 Å². The van der Waals surface area contributed by atoms with E-state index in [0.717, 1.165) is 0 Å². The van der Waals surface area contributed by atoms with Crippen molar-refractivity contribution in [3.05, 3.63) is 54.1 Å². The molecule has 3 rings (SSSR count). The van der Waals surface area contributed by atoms with Crippen molar-refractivity contribution in [1.82, 2.24) is 14.5 Å². The molecule has 0 atom stereocenters. The predicted octanol–water partition coefficient (Wildman–Crippen LogP) is 1.44. The van der Waals surface area contributed by atoms with Gasteiger partial charge < -0.3 is 14.8 Å². The number of benzene rings is 2. The number of ether oxygens (including phenoxy) is 2. The number of hydrogen-bond acceptors (Lipinski definition) is 6. The number of carbonyl (C=O) groups is 1. The molecule has 8 nitrogen and oxygen atoms in total. The Kier molecular flexibility index (Phi) is 7.30. The smallest absolute Gasteiger partial charge is 0.251 e. The molecule has 162 valence electrons. The van der Waals surface area contributed by atoms with Crippen molar-refractivity contribution in [3.63, 3.8) is 0 Å². The molecule has 1 amide bonds. The van der Waals surface area contributed by atoms with E-state index >= 15 is 0 Å². The van der Waals surface area contributed by atoms with Crippen LogP contribution in [0.2, 0.25) is 0 Å². The molecule has 1 aliphatic heterocycles. The first-order valence-corrected chi connectivity index (χ1v) is 11.2. The fourth-order valence-corrected chi connectivity index (χ4v) is 4.68. The summed E-state index contributed by atoms with van der Waals surface area (Å²) in [5, 5.41) is 2.90. The number of piperazine rings is 1. The zero-order valence-electron chi connectivity index (χ0n) is 17.2. The van der Waals surface area contributed by atoms with Crippen molar-refractivity contribution in [2.75, 3.05) is 53.5 Å². The number of hydrogen-bond donors (Lipinski definition) is 1. The second kappa shape index (κ2) is 9.92. The van der Waals surface area contributed by atoms with Crippen LogP contribution in [-0.2, 0) is 10.0 Å². The van der Waals surface area contributed by atoms with E-state index in [-0.39, 0.29) is 10.8 Å². The van der Waals surface area contributed by atoms with Gasteiger partial charge in [-0.2, -0.15) is 4.31 Å². The number of nitrogens with one attached hydrogen (secondary N) is 1. The lowest BCUT2D eigenvalue weighted by Crippen LogP contribution is -2.50. The maximum Gasteiger partial charge on any atom is 0.251 e. The highest BCUT2D eigenvalue weighted by Gasteiger charge is 2.28. The maximum absolute atomic E-state index is 12.8. The lowest BCUT2D eigenvalue weighted by atomic mass is 10.2. The fraction of sp³-hybridized carbons (Fsp3) is 0.381. The fourth-order valence-electron chi connectivity index (χ4n) is 3.26. The Hall–Kier alpha value is -2.62. The molecule has 9 heteroatoms. The normalized spacial score (nSPS) is 15.5. The van der Waals surface area contributed by atoms with Gasteiger partial charge >= 0.3 is 0 Å². The van der Waals surface area contributed by atoms with Crippen molar-refractivity contribution < 1.29 is 22.7 Å². The molecule has 1 fully saturated rings. The van der Waals surface area contributed by atoms with Gasteiger partial charge in [0.1, 0.15) is 11.5 Å². The van der Waals surface area contributed by atoms with E-state index in [1.165, 1.54) is 4.31 Å². The van der Waals surface area contributed by atoms with Gasteiger partial charge in [0.2, 0.25) is 10.0 Å². The maximum atomic E-state index is 12.8. The van der Waals surface area contributed by atoms with Crippen LogP contribution in [0.15, 0.2) is 53.4 Å². The van der Waals surface area contributed by atoms with E-state index in [1.807, 2.05) is 0 Å². The second-order valence-corrected chi connectivity index (χ2v) is 8.84. The lowest BCUT2D eigenvalue weighted by molar-refractivity contribution is 0.0945. The van der Waals surface area contributed by atoms with Crippen LogP contribution >= 0.6 is 0 Å². The van der Waals surface area contributed by atoms with Gasteiger partial charge in [-0.1, -0.05) is 0 Å². The Morgan fingerprint density at radius 1 is 0.900 bits per heavy atom. The molecule has 1 heterocycles. The first-order valence-electron chi connectivity index (χ1n) is 9.73. The largest absolute Gasteiger partial charge is 0.497 e. The Balaban J connectivity index is 1.45. The number of nitrogens with zero attached hydrogens (tertiary/aromatic N) is 2. The lowest BCUT2D eigenvalue weighted by Gasteiger charge is -2.34. The third-order valence-corrected chi connectivity index (χ3v) is 7.01. The summed E-state index contributed by atoms with van der Waals surface area (Å²) < 4.78 is 37.3. The summed E-state index contributed by atoms with van der Waals surface area (Å²) in [5.74, 6) is 1.18. The zero-order valence-corrected chi connectivity index (χ0v) is 18.0. The van der Waals surface area contributed by atoms with Crippen LogP contribution in [0, 0.1) is 0 Å². The van der Waals surface area contributed by atoms with Crippen molar-refractivity contribution in [2.45, 2.75) is 4.90 Å². The van der Waals surface area contributed by atoms with Crippen LogP contribution in [0.3, 0.4) is 0 Å². The number of sulfonamides is 1. The van der Waals surface area contributed by atoms with Crippen LogP contribution in [0.5, 0.6) is 11.5 Å². The van der Waals surface area contributed by atoms with Gasteiger partial charge in [0, 0.05) is 44.8 Å².